The van der Waals surface area contributed by atoms with Gasteiger partial charge in [0.1, 0.15) is 4.99 Å². The number of thiocarbonyl (C=S) groups is 1. The van der Waals surface area contributed by atoms with Crippen LogP contribution in [0.4, 0.5) is 0 Å². The Labute approximate surface area is 131 Å². The molecule has 1 rings (SSSR count). The van der Waals surface area contributed by atoms with E-state index in [1.54, 1.807) is 7.11 Å². The molecule has 0 heterocycles. The van der Waals surface area contributed by atoms with E-state index in [0.29, 0.717) is 51.2 Å². The summed E-state index contributed by atoms with van der Waals surface area (Å²) in [6, 6.07) is 7.71. The number of nitrogens with two attached hydrogens (primary N) is 1. The van der Waals surface area contributed by atoms with Crippen LogP contribution >= 0.6 is 12.2 Å². The summed E-state index contributed by atoms with van der Waals surface area (Å²) in [5.41, 5.74) is 7.48. The van der Waals surface area contributed by atoms with Crippen LogP contribution in [-0.4, -0.2) is 51.7 Å². The number of methoxy groups -OCH3 is 1. The van der Waals surface area contributed by atoms with Gasteiger partial charge in [0.25, 0.3) is 0 Å². The van der Waals surface area contributed by atoms with Gasteiger partial charge < -0.3 is 24.7 Å². The predicted octanol–water partition coefficient (Wildman–Crippen LogP) is 1.52. The van der Waals surface area contributed by atoms with E-state index in [1.807, 2.05) is 24.3 Å². The van der Waals surface area contributed by atoms with E-state index < -0.39 is 0 Å². The monoisotopic (exact) mass is 313 g/mol. The predicted molar refractivity (Wildman–Crippen MR) is 85.5 cm³/mol. The maximum Gasteiger partial charge on any atom is 0.103 e. The highest BCUT2D eigenvalue weighted by molar-refractivity contribution is 7.80. The summed E-state index contributed by atoms with van der Waals surface area (Å²) in [5.74, 6) is 0. The van der Waals surface area contributed by atoms with Crippen LogP contribution < -0.4 is 5.73 Å². The molecule has 0 atom stereocenters. The molecule has 0 saturated heterocycles. The molecule has 0 spiro atoms. The van der Waals surface area contributed by atoms with Crippen LogP contribution in [0.5, 0.6) is 0 Å². The number of hydrogen-bond donors (Lipinski definition) is 1. The summed E-state index contributed by atoms with van der Waals surface area (Å²) < 4.78 is 21.0. The fourth-order valence-electron chi connectivity index (χ4n) is 1.54. The molecule has 0 bridgehead atoms. The zero-order valence-electron chi connectivity index (χ0n) is 12.4. The summed E-state index contributed by atoms with van der Waals surface area (Å²) in [7, 11) is 1.65. The Morgan fingerprint density at radius 3 is 1.95 bits per heavy atom. The van der Waals surface area contributed by atoms with Gasteiger partial charge in [-0.1, -0.05) is 36.5 Å². The molecule has 2 N–H and O–H groups in total. The van der Waals surface area contributed by atoms with Crippen molar-refractivity contribution >= 4 is 17.2 Å². The fourth-order valence-corrected chi connectivity index (χ4v) is 1.67. The van der Waals surface area contributed by atoms with E-state index >= 15 is 0 Å². The molecular weight excluding hydrogens is 290 g/mol. The van der Waals surface area contributed by atoms with Crippen LogP contribution in [0, 0.1) is 0 Å². The van der Waals surface area contributed by atoms with Crippen LogP contribution in [0.1, 0.15) is 11.1 Å². The minimum Gasteiger partial charge on any atom is -0.389 e. The standard InChI is InChI=1S/C15H23NO4S/c1-17-6-7-18-8-9-19-10-11-20-12-13-2-4-14(5-3-13)15(16)21/h2-5H,6-12H2,1H3,(H2,16,21). The number of hydrogen-bond acceptors (Lipinski definition) is 5. The smallest absolute Gasteiger partial charge is 0.103 e. The maximum absolute atomic E-state index is 5.54. The van der Waals surface area contributed by atoms with Crippen LogP contribution in [0.15, 0.2) is 24.3 Å². The molecule has 0 aliphatic rings. The lowest BCUT2D eigenvalue weighted by atomic mass is 10.1. The van der Waals surface area contributed by atoms with Crippen LogP contribution in [-0.2, 0) is 25.6 Å². The minimum absolute atomic E-state index is 0.406. The maximum atomic E-state index is 5.54. The largest absolute Gasteiger partial charge is 0.389 e. The third kappa shape index (κ3) is 8.75. The van der Waals surface area contributed by atoms with E-state index in [2.05, 4.69) is 0 Å². The van der Waals surface area contributed by atoms with Gasteiger partial charge in [0.05, 0.1) is 46.2 Å². The first-order chi connectivity index (χ1) is 10.2. The number of rotatable bonds is 12. The zero-order valence-corrected chi connectivity index (χ0v) is 13.2. The van der Waals surface area contributed by atoms with Gasteiger partial charge >= 0.3 is 0 Å². The van der Waals surface area contributed by atoms with Gasteiger partial charge in [0.2, 0.25) is 0 Å². The third-order valence-electron chi connectivity index (χ3n) is 2.68. The van der Waals surface area contributed by atoms with Crippen molar-refractivity contribution < 1.29 is 18.9 Å². The Kier molecular flexibility index (Phi) is 9.94. The molecule has 6 heteroatoms. The van der Waals surface area contributed by atoms with Crippen LogP contribution in [0.3, 0.4) is 0 Å². The van der Waals surface area contributed by atoms with E-state index in [1.165, 1.54) is 0 Å². The van der Waals surface area contributed by atoms with E-state index in [0.717, 1.165) is 11.1 Å². The molecule has 118 valence electrons. The van der Waals surface area contributed by atoms with Crippen molar-refractivity contribution in [3.05, 3.63) is 35.4 Å². The topological polar surface area (TPSA) is 62.9 Å². The summed E-state index contributed by atoms with van der Waals surface area (Å²) in [6.45, 7) is 3.99. The van der Waals surface area contributed by atoms with E-state index in [-0.39, 0.29) is 0 Å². The fraction of sp³-hybridized carbons (Fsp3) is 0.533. The molecule has 0 radical (unpaired) electrons. The Morgan fingerprint density at radius 1 is 0.905 bits per heavy atom. The van der Waals surface area contributed by atoms with Crippen molar-refractivity contribution in [3.8, 4) is 0 Å². The van der Waals surface area contributed by atoms with Gasteiger partial charge in [-0.15, -0.1) is 0 Å². The first-order valence-corrected chi connectivity index (χ1v) is 7.25. The Balaban J connectivity index is 1.98. The lowest BCUT2D eigenvalue weighted by molar-refractivity contribution is 0.000869. The molecule has 1 aromatic carbocycles. The minimum atomic E-state index is 0.406. The number of ether oxygens (including phenoxy) is 4. The summed E-state index contributed by atoms with van der Waals surface area (Å²) in [5, 5.41) is 0. The molecule has 0 saturated carbocycles. The van der Waals surface area contributed by atoms with Gasteiger partial charge in [-0.25, -0.2) is 0 Å². The molecule has 5 nitrogen and oxygen atoms in total. The lowest BCUT2D eigenvalue weighted by Gasteiger charge is -2.07. The molecule has 21 heavy (non-hydrogen) atoms. The van der Waals surface area contributed by atoms with Crippen molar-refractivity contribution in [2.24, 2.45) is 5.73 Å². The van der Waals surface area contributed by atoms with Gasteiger partial charge in [-0.05, 0) is 5.56 Å². The Morgan fingerprint density at radius 2 is 1.43 bits per heavy atom. The Bertz CT molecular complexity index is 397. The first kappa shape index (κ1) is 18.0. The number of benzene rings is 1. The molecule has 1 aromatic rings. The van der Waals surface area contributed by atoms with Gasteiger partial charge in [0.15, 0.2) is 0 Å². The average Bonchev–Trinajstić information content (AvgIpc) is 2.49. The second-order valence-corrected chi connectivity index (χ2v) is 4.77. The lowest BCUT2D eigenvalue weighted by Crippen LogP contribution is -2.11. The molecule has 0 aliphatic carbocycles. The first-order valence-electron chi connectivity index (χ1n) is 6.85. The third-order valence-corrected chi connectivity index (χ3v) is 2.92. The molecule has 0 fully saturated rings. The molecule has 0 aromatic heterocycles. The normalized spacial score (nSPS) is 10.7. The van der Waals surface area contributed by atoms with Crippen molar-refractivity contribution in [3.63, 3.8) is 0 Å². The van der Waals surface area contributed by atoms with Crippen molar-refractivity contribution in [2.45, 2.75) is 6.61 Å². The van der Waals surface area contributed by atoms with Gasteiger partial charge in [0, 0.05) is 12.7 Å². The average molecular weight is 313 g/mol. The van der Waals surface area contributed by atoms with Crippen LogP contribution in [0.25, 0.3) is 0 Å². The van der Waals surface area contributed by atoms with E-state index in [4.69, 9.17) is 36.9 Å². The Hall–Kier alpha value is -1.05. The van der Waals surface area contributed by atoms with E-state index in [9.17, 15) is 0 Å². The highest BCUT2D eigenvalue weighted by atomic mass is 32.1. The van der Waals surface area contributed by atoms with Gasteiger partial charge in [-0.2, -0.15) is 0 Å². The highest BCUT2D eigenvalue weighted by Gasteiger charge is 1.97. The zero-order chi connectivity index (χ0) is 15.3. The highest BCUT2D eigenvalue weighted by Crippen LogP contribution is 2.05. The molecule has 0 unspecified atom stereocenters. The van der Waals surface area contributed by atoms with Crippen molar-refractivity contribution in [1.82, 2.24) is 0 Å². The molecular formula is C15H23NO4S. The van der Waals surface area contributed by atoms with Crippen molar-refractivity contribution in [1.29, 1.82) is 0 Å². The summed E-state index contributed by atoms with van der Waals surface area (Å²) >= 11 is 4.90. The second kappa shape index (κ2) is 11.6. The quantitative estimate of drug-likeness (QED) is 0.466. The SMILES string of the molecule is COCCOCCOCCOCc1ccc(C(N)=S)cc1. The summed E-state index contributed by atoms with van der Waals surface area (Å²) in [6.07, 6.45) is 0. The summed E-state index contributed by atoms with van der Waals surface area (Å²) in [4.78, 5) is 0.406. The van der Waals surface area contributed by atoms with Crippen LogP contribution in [0.2, 0.25) is 0 Å². The molecule has 0 aliphatic heterocycles. The second-order valence-electron chi connectivity index (χ2n) is 4.33. The molecule has 0 amide bonds. The van der Waals surface area contributed by atoms with Crippen molar-refractivity contribution in [2.75, 3.05) is 46.8 Å². The van der Waals surface area contributed by atoms with Gasteiger partial charge in [-0.3, -0.25) is 0 Å².